The molecule has 9 heteroatoms. The van der Waals surface area contributed by atoms with Crippen molar-refractivity contribution in [1.82, 2.24) is 25.0 Å². The molecule has 29 heavy (non-hydrogen) atoms. The zero-order valence-corrected chi connectivity index (χ0v) is 15.8. The van der Waals surface area contributed by atoms with Crippen LogP contribution in [-0.4, -0.2) is 37.5 Å². The van der Waals surface area contributed by atoms with E-state index in [0.717, 1.165) is 0 Å². The first kappa shape index (κ1) is 18.6. The van der Waals surface area contributed by atoms with Crippen LogP contribution < -0.4 is 5.56 Å². The second-order valence-electron chi connectivity index (χ2n) is 6.43. The van der Waals surface area contributed by atoms with Crippen molar-refractivity contribution in [2.45, 2.75) is 26.3 Å². The van der Waals surface area contributed by atoms with E-state index in [9.17, 15) is 9.59 Å². The van der Waals surface area contributed by atoms with Crippen LogP contribution in [-0.2, 0) is 17.8 Å². The molecule has 1 N–H and O–H groups in total. The molecular weight excluding hydrogens is 374 g/mol. The quantitative estimate of drug-likeness (QED) is 0.512. The Kier molecular flexibility index (Phi) is 5.19. The molecule has 0 unspecified atom stereocenters. The maximum atomic E-state index is 12.6. The van der Waals surface area contributed by atoms with Gasteiger partial charge in [0.25, 0.3) is 5.56 Å². The Labute approximate surface area is 165 Å². The highest BCUT2D eigenvalue weighted by Crippen LogP contribution is 2.16. The van der Waals surface area contributed by atoms with Crippen molar-refractivity contribution in [3.05, 3.63) is 64.7 Å². The van der Waals surface area contributed by atoms with E-state index in [1.165, 1.54) is 6.26 Å². The number of hydrogen-bond acceptors (Lipinski definition) is 7. The van der Waals surface area contributed by atoms with Crippen LogP contribution in [0.15, 0.2) is 56.4 Å². The number of amides is 1. The van der Waals surface area contributed by atoms with E-state index >= 15 is 0 Å². The summed E-state index contributed by atoms with van der Waals surface area (Å²) in [5.41, 5.74) is 0.386. The molecule has 0 radical (unpaired) electrons. The molecule has 1 aromatic carbocycles. The molecule has 4 rings (SSSR count). The lowest BCUT2D eigenvalue weighted by Crippen LogP contribution is -2.32. The zero-order chi connectivity index (χ0) is 20.2. The average Bonchev–Trinajstić information content (AvgIpc) is 3.42. The Balaban J connectivity index is 1.41. The predicted molar refractivity (Wildman–Crippen MR) is 104 cm³/mol. The number of nitrogens with zero attached hydrogens (tertiary/aromatic N) is 4. The largest absolute Gasteiger partial charge is 0.461 e. The number of fused-ring (bicyclic) bond motifs is 1. The molecule has 3 aromatic heterocycles. The highest BCUT2D eigenvalue weighted by atomic mass is 16.5. The Morgan fingerprint density at radius 2 is 2.03 bits per heavy atom. The standard InChI is InChI=1S/C20H19N5O4/c1-2-25(12-16-21-14-7-4-3-6-13(14)20(27)22-16)18(26)10-9-17-23-19(24-29-17)15-8-5-11-28-15/h3-8,11H,2,9-10,12H2,1H3,(H,21,22,27). The zero-order valence-electron chi connectivity index (χ0n) is 15.8. The molecule has 0 bridgehead atoms. The van der Waals surface area contributed by atoms with Crippen LogP contribution in [0.2, 0.25) is 0 Å². The second kappa shape index (κ2) is 8.09. The topological polar surface area (TPSA) is 118 Å². The number of H-pyrrole nitrogens is 1. The molecule has 148 valence electrons. The normalized spacial score (nSPS) is 11.1. The Hall–Kier alpha value is -3.75. The number of aryl methyl sites for hydroxylation is 1. The molecule has 0 fully saturated rings. The monoisotopic (exact) mass is 393 g/mol. The summed E-state index contributed by atoms with van der Waals surface area (Å²) in [7, 11) is 0. The van der Waals surface area contributed by atoms with E-state index in [2.05, 4.69) is 20.1 Å². The lowest BCUT2D eigenvalue weighted by molar-refractivity contribution is -0.131. The van der Waals surface area contributed by atoms with Gasteiger partial charge in [-0.05, 0) is 31.2 Å². The number of rotatable bonds is 7. The third kappa shape index (κ3) is 4.08. The molecular formula is C20H19N5O4. The van der Waals surface area contributed by atoms with Gasteiger partial charge in [-0.3, -0.25) is 9.59 Å². The lowest BCUT2D eigenvalue weighted by Gasteiger charge is -2.20. The number of benzene rings is 1. The second-order valence-corrected chi connectivity index (χ2v) is 6.43. The first-order chi connectivity index (χ1) is 14.1. The Morgan fingerprint density at radius 1 is 1.17 bits per heavy atom. The van der Waals surface area contributed by atoms with Crippen molar-refractivity contribution in [3.8, 4) is 11.6 Å². The smallest absolute Gasteiger partial charge is 0.258 e. The van der Waals surface area contributed by atoms with Gasteiger partial charge < -0.3 is 18.8 Å². The van der Waals surface area contributed by atoms with Crippen LogP contribution in [0.3, 0.4) is 0 Å². The van der Waals surface area contributed by atoms with Gasteiger partial charge in [-0.2, -0.15) is 4.98 Å². The lowest BCUT2D eigenvalue weighted by atomic mass is 10.2. The predicted octanol–water partition coefficient (Wildman–Crippen LogP) is 2.55. The summed E-state index contributed by atoms with van der Waals surface area (Å²) in [5, 5.41) is 4.38. The Morgan fingerprint density at radius 3 is 2.83 bits per heavy atom. The molecule has 9 nitrogen and oxygen atoms in total. The molecule has 0 aliphatic carbocycles. The third-order valence-electron chi connectivity index (χ3n) is 4.50. The fraction of sp³-hybridized carbons (Fsp3) is 0.250. The van der Waals surface area contributed by atoms with Gasteiger partial charge in [0, 0.05) is 19.4 Å². The van der Waals surface area contributed by atoms with Crippen LogP contribution in [0.1, 0.15) is 25.1 Å². The highest BCUT2D eigenvalue weighted by Gasteiger charge is 2.17. The van der Waals surface area contributed by atoms with E-state index in [1.807, 2.05) is 13.0 Å². The van der Waals surface area contributed by atoms with E-state index < -0.39 is 0 Å². The van der Waals surface area contributed by atoms with Crippen LogP contribution in [0, 0.1) is 0 Å². The van der Waals surface area contributed by atoms with E-state index in [1.54, 1.807) is 35.2 Å². The van der Waals surface area contributed by atoms with Crippen LogP contribution >= 0.6 is 0 Å². The number of nitrogens with one attached hydrogen (secondary N) is 1. The van der Waals surface area contributed by atoms with Gasteiger partial charge in [-0.1, -0.05) is 17.3 Å². The number of para-hydroxylation sites is 1. The molecule has 0 aliphatic rings. The average molecular weight is 393 g/mol. The highest BCUT2D eigenvalue weighted by molar-refractivity contribution is 5.78. The SMILES string of the molecule is CCN(Cc1nc2ccccc2c(=O)[nH]1)C(=O)CCc1nc(-c2ccco2)no1. The fourth-order valence-electron chi connectivity index (χ4n) is 3.00. The van der Waals surface area contributed by atoms with E-state index in [0.29, 0.717) is 47.2 Å². The minimum absolute atomic E-state index is 0.0962. The van der Waals surface area contributed by atoms with E-state index in [-0.39, 0.29) is 24.4 Å². The van der Waals surface area contributed by atoms with Gasteiger partial charge >= 0.3 is 0 Å². The van der Waals surface area contributed by atoms with Crippen LogP contribution in [0.25, 0.3) is 22.5 Å². The van der Waals surface area contributed by atoms with E-state index in [4.69, 9.17) is 8.94 Å². The van der Waals surface area contributed by atoms with Crippen molar-refractivity contribution in [1.29, 1.82) is 0 Å². The van der Waals surface area contributed by atoms with Gasteiger partial charge in [0.15, 0.2) is 5.76 Å². The Bertz CT molecular complexity index is 1180. The number of furan rings is 1. The molecule has 0 saturated carbocycles. The van der Waals surface area contributed by atoms with Crippen molar-refractivity contribution < 1.29 is 13.7 Å². The summed E-state index contributed by atoms with van der Waals surface area (Å²) in [6.07, 6.45) is 2.04. The number of aromatic nitrogens is 4. The summed E-state index contributed by atoms with van der Waals surface area (Å²) in [6.45, 7) is 2.58. The summed E-state index contributed by atoms with van der Waals surface area (Å²) in [5.74, 6) is 1.57. The van der Waals surface area contributed by atoms with Crippen molar-refractivity contribution >= 4 is 16.8 Å². The molecule has 0 spiro atoms. The molecule has 1 amide bonds. The van der Waals surface area contributed by atoms with Crippen molar-refractivity contribution in [2.24, 2.45) is 0 Å². The maximum Gasteiger partial charge on any atom is 0.258 e. The van der Waals surface area contributed by atoms with Crippen LogP contribution in [0.4, 0.5) is 0 Å². The van der Waals surface area contributed by atoms with Gasteiger partial charge in [0.1, 0.15) is 5.82 Å². The minimum Gasteiger partial charge on any atom is -0.461 e. The molecule has 0 saturated heterocycles. The van der Waals surface area contributed by atoms with Gasteiger partial charge in [-0.25, -0.2) is 4.98 Å². The number of carbonyl (C=O) groups excluding carboxylic acids is 1. The number of aromatic amines is 1. The molecule has 0 atom stereocenters. The number of hydrogen-bond donors (Lipinski definition) is 1. The maximum absolute atomic E-state index is 12.6. The van der Waals surface area contributed by atoms with Crippen molar-refractivity contribution in [2.75, 3.05) is 6.54 Å². The van der Waals surface area contributed by atoms with Gasteiger partial charge in [-0.15, -0.1) is 0 Å². The summed E-state index contributed by atoms with van der Waals surface area (Å²) in [6, 6.07) is 10.6. The molecule has 4 aromatic rings. The van der Waals surface area contributed by atoms with Gasteiger partial charge in [0.2, 0.25) is 17.6 Å². The van der Waals surface area contributed by atoms with Crippen LogP contribution in [0.5, 0.6) is 0 Å². The first-order valence-corrected chi connectivity index (χ1v) is 9.26. The fourth-order valence-corrected chi connectivity index (χ4v) is 3.00. The molecule has 3 heterocycles. The summed E-state index contributed by atoms with van der Waals surface area (Å²) < 4.78 is 10.4. The first-order valence-electron chi connectivity index (χ1n) is 9.26. The summed E-state index contributed by atoms with van der Waals surface area (Å²) >= 11 is 0. The molecule has 0 aliphatic heterocycles. The number of carbonyl (C=O) groups is 1. The summed E-state index contributed by atoms with van der Waals surface area (Å²) in [4.78, 5) is 37.9. The van der Waals surface area contributed by atoms with Gasteiger partial charge in [0.05, 0.1) is 23.7 Å². The minimum atomic E-state index is -0.217. The third-order valence-corrected chi connectivity index (χ3v) is 4.50. The van der Waals surface area contributed by atoms with Crippen molar-refractivity contribution in [3.63, 3.8) is 0 Å².